The van der Waals surface area contributed by atoms with Crippen LogP contribution in [0, 0.1) is 5.41 Å². The Morgan fingerprint density at radius 2 is 2.00 bits per heavy atom. The molecule has 1 aromatic rings. The number of hydrogen-bond acceptors (Lipinski definition) is 5. The minimum Gasteiger partial charge on any atom is -0.340 e. The molecule has 1 saturated heterocycles. The van der Waals surface area contributed by atoms with Crippen molar-refractivity contribution in [3.8, 4) is 0 Å². The van der Waals surface area contributed by atoms with E-state index in [1.54, 1.807) is 7.05 Å². The molecule has 3 rings (SSSR count). The molecule has 7 heteroatoms. The summed E-state index contributed by atoms with van der Waals surface area (Å²) in [5.41, 5.74) is 0.751. The number of hydrogen-bond donors (Lipinski definition) is 0. The lowest BCUT2D eigenvalue weighted by molar-refractivity contribution is 0.0361. The zero-order valence-corrected chi connectivity index (χ0v) is 12.6. The third kappa shape index (κ3) is 2.20. The van der Waals surface area contributed by atoms with Gasteiger partial charge in [-0.05, 0) is 11.8 Å². The van der Waals surface area contributed by atoms with Crippen LogP contribution in [0.2, 0.25) is 0 Å². The summed E-state index contributed by atoms with van der Waals surface area (Å²) in [7, 11) is 1.68. The lowest BCUT2D eigenvalue weighted by Crippen LogP contribution is -2.48. The van der Waals surface area contributed by atoms with Gasteiger partial charge in [-0.1, -0.05) is 25.2 Å². The highest BCUT2D eigenvalue weighted by Gasteiger charge is 2.36. The summed E-state index contributed by atoms with van der Waals surface area (Å²) in [6, 6.07) is -0.144. The molecule has 0 spiro atoms. The quantitative estimate of drug-likeness (QED) is 0.796. The molecule has 1 aliphatic heterocycles. The molecule has 1 fully saturated rings. The SMILES string of the molecule is CN1COCN(c2nc3c(s2)C(=O)CC(C)(C)C3)C1=O. The van der Waals surface area contributed by atoms with Gasteiger partial charge in [0.25, 0.3) is 0 Å². The Kier molecular flexibility index (Phi) is 3.06. The van der Waals surface area contributed by atoms with Crippen molar-refractivity contribution < 1.29 is 14.3 Å². The molecule has 20 heavy (non-hydrogen) atoms. The van der Waals surface area contributed by atoms with Crippen LogP contribution in [-0.4, -0.2) is 42.2 Å². The second-order valence-electron chi connectivity index (χ2n) is 6.08. The molecule has 0 atom stereocenters. The summed E-state index contributed by atoms with van der Waals surface area (Å²) in [5, 5.41) is 0.553. The van der Waals surface area contributed by atoms with Gasteiger partial charge in [0.2, 0.25) is 0 Å². The zero-order valence-electron chi connectivity index (χ0n) is 11.8. The van der Waals surface area contributed by atoms with Gasteiger partial charge in [-0.2, -0.15) is 0 Å². The summed E-state index contributed by atoms with van der Waals surface area (Å²) < 4.78 is 5.33. The number of rotatable bonds is 1. The maximum Gasteiger partial charge on any atom is 0.329 e. The van der Waals surface area contributed by atoms with Crippen LogP contribution in [0.4, 0.5) is 9.93 Å². The lowest BCUT2D eigenvalue weighted by Gasteiger charge is -2.31. The molecule has 1 aromatic heterocycles. The van der Waals surface area contributed by atoms with E-state index in [4.69, 9.17) is 4.74 Å². The van der Waals surface area contributed by atoms with Crippen LogP contribution in [0.3, 0.4) is 0 Å². The van der Waals surface area contributed by atoms with Crippen LogP contribution in [-0.2, 0) is 11.2 Å². The first-order valence-electron chi connectivity index (χ1n) is 6.51. The van der Waals surface area contributed by atoms with Crippen LogP contribution in [0.5, 0.6) is 0 Å². The van der Waals surface area contributed by atoms with Gasteiger partial charge < -0.3 is 9.64 Å². The number of carbonyl (C=O) groups is 2. The number of ketones is 1. The van der Waals surface area contributed by atoms with Crippen LogP contribution in [0.1, 0.15) is 35.6 Å². The first-order chi connectivity index (χ1) is 9.37. The Balaban J connectivity index is 1.94. The number of nitrogens with zero attached hydrogens (tertiary/aromatic N) is 3. The molecule has 0 saturated carbocycles. The van der Waals surface area contributed by atoms with Crippen molar-refractivity contribution in [3.63, 3.8) is 0 Å². The van der Waals surface area contributed by atoms with Crippen molar-refractivity contribution in [2.45, 2.75) is 26.7 Å². The topological polar surface area (TPSA) is 62.7 Å². The number of anilines is 1. The molecule has 2 aliphatic rings. The predicted octanol–water partition coefficient (Wildman–Crippen LogP) is 2.10. The maximum absolute atomic E-state index is 12.2. The molecular formula is C13H17N3O3S. The van der Waals surface area contributed by atoms with Crippen LogP contribution >= 0.6 is 11.3 Å². The fraction of sp³-hybridized carbons (Fsp3) is 0.615. The Labute approximate surface area is 121 Å². The van der Waals surface area contributed by atoms with Crippen LogP contribution in [0.25, 0.3) is 0 Å². The fourth-order valence-electron chi connectivity index (χ4n) is 2.55. The fourth-order valence-corrected chi connectivity index (χ4v) is 3.55. The molecule has 108 valence electrons. The van der Waals surface area contributed by atoms with E-state index >= 15 is 0 Å². The van der Waals surface area contributed by atoms with Crippen molar-refractivity contribution >= 4 is 28.3 Å². The highest BCUT2D eigenvalue weighted by atomic mass is 32.1. The number of Topliss-reactive ketones (excluding diaryl/α,β-unsaturated/α-hetero) is 1. The number of thiazole rings is 1. The Morgan fingerprint density at radius 3 is 2.75 bits per heavy atom. The van der Waals surface area contributed by atoms with Crippen molar-refractivity contribution in [1.82, 2.24) is 9.88 Å². The van der Waals surface area contributed by atoms with E-state index in [1.807, 2.05) is 0 Å². The third-order valence-corrected chi connectivity index (χ3v) is 4.68. The monoisotopic (exact) mass is 295 g/mol. The lowest BCUT2D eigenvalue weighted by atomic mass is 9.78. The van der Waals surface area contributed by atoms with E-state index in [9.17, 15) is 9.59 Å². The summed E-state index contributed by atoms with van der Waals surface area (Å²) in [4.78, 5) is 32.4. The summed E-state index contributed by atoms with van der Waals surface area (Å²) in [5.74, 6) is 0.124. The smallest absolute Gasteiger partial charge is 0.329 e. The number of aromatic nitrogens is 1. The van der Waals surface area contributed by atoms with Gasteiger partial charge in [0.05, 0.1) is 10.6 Å². The largest absolute Gasteiger partial charge is 0.340 e. The van der Waals surface area contributed by atoms with E-state index in [2.05, 4.69) is 18.8 Å². The van der Waals surface area contributed by atoms with Crippen molar-refractivity contribution in [2.24, 2.45) is 5.41 Å². The second-order valence-corrected chi connectivity index (χ2v) is 7.06. The number of urea groups is 1. The summed E-state index contributed by atoms with van der Waals surface area (Å²) >= 11 is 1.29. The summed E-state index contributed by atoms with van der Waals surface area (Å²) in [6.07, 6.45) is 1.30. The highest BCUT2D eigenvalue weighted by Crippen LogP contribution is 2.39. The first kappa shape index (κ1) is 13.5. The molecule has 0 bridgehead atoms. The normalized spacial score (nSPS) is 22.1. The maximum atomic E-state index is 12.2. The number of ether oxygens (including phenoxy) is 1. The molecule has 6 nitrogen and oxygen atoms in total. The molecule has 0 N–H and O–H groups in total. The minimum atomic E-state index is -0.144. The van der Waals surface area contributed by atoms with E-state index in [-0.39, 0.29) is 30.7 Å². The second kappa shape index (κ2) is 4.53. The predicted molar refractivity (Wildman–Crippen MR) is 75.0 cm³/mol. The van der Waals surface area contributed by atoms with Gasteiger partial charge in [0.15, 0.2) is 10.9 Å². The third-order valence-electron chi connectivity index (χ3n) is 3.52. The Hall–Kier alpha value is -1.47. The van der Waals surface area contributed by atoms with Crippen molar-refractivity contribution in [2.75, 3.05) is 25.4 Å². The van der Waals surface area contributed by atoms with Gasteiger partial charge >= 0.3 is 6.03 Å². The summed E-state index contributed by atoms with van der Waals surface area (Å²) in [6.45, 7) is 4.60. The van der Waals surface area contributed by atoms with Gasteiger partial charge in [0.1, 0.15) is 13.5 Å². The molecular weight excluding hydrogens is 278 g/mol. The molecule has 0 unspecified atom stereocenters. The van der Waals surface area contributed by atoms with E-state index < -0.39 is 0 Å². The highest BCUT2D eigenvalue weighted by molar-refractivity contribution is 7.17. The van der Waals surface area contributed by atoms with Crippen LogP contribution < -0.4 is 4.90 Å². The van der Waals surface area contributed by atoms with E-state index in [0.717, 1.165) is 12.1 Å². The number of carbonyl (C=O) groups excluding carboxylic acids is 2. The zero-order chi connectivity index (χ0) is 14.5. The van der Waals surface area contributed by atoms with E-state index in [0.29, 0.717) is 16.4 Å². The van der Waals surface area contributed by atoms with E-state index in [1.165, 1.54) is 21.1 Å². The van der Waals surface area contributed by atoms with Crippen LogP contribution in [0.15, 0.2) is 0 Å². The molecule has 2 heterocycles. The minimum absolute atomic E-state index is 0.0609. The number of amides is 2. The van der Waals surface area contributed by atoms with Gasteiger partial charge in [0, 0.05) is 13.5 Å². The van der Waals surface area contributed by atoms with Crippen molar-refractivity contribution in [3.05, 3.63) is 10.6 Å². The standard InChI is InChI=1S/C13H17N3O3S/c1-13(2)4-8-10(9(17)5-13)20-11(14-8)16-7-19-6-15(3)12(16)18/h4-7H2,1-3H3. The molecule has 0 aromatic carbocycles. The van der Waals surface area contributed by atoms with Gasteiger partial charge in [-0.25, -0.2) is 14.7 Å². The molecule has 1 aliphatic carbocycles. The van der Waals surface area contributed by atoms with Crippen molar-refractivity contribution in [1.29, 1.82) is 0 Å². The molecule has 2 amide bonds. The number of fused-ring (bicyclic) bond motifs is 1. The average Bonchev–Trinajstić information content (AvgIpc) is 2.75. The first-order valence-corrected chi connectivity index (χ1v) is 7.32. The van der Waals surface area contributed by atoms with Gasteiger partial charge in [-0.15, -0.1) is 0 Å². The molecule has 0 radical (unpaired) electrons. The average molecular weight is 295 g/mol. The van der Waals surface area contributed by atoms with Gasteiger partial charge in [-0.3, -0.25) is 4.79 Å². The Bertz CT molecular complexity index is 581. The Morgan fingerprint density at radius 1 is 1.25 bits per heavy atom.